The summed E-state index contributed by atoms with van der Waals surface area (Å²) >= 11 is 1.05. The van der Waals surface area contributed by atoms with E-state index in [2.05, 4.69) is 10.2 Å². The lowest BCUT2D eigenvalue weighted by molar-refractivity contribution is -0.121. The highest BCUT2D eigenvalue weighted by Gasteiger charge is 2.41. The van der Waals surface area contributed by atoms with Gasteiger partial charge in [-0.05, 0) is 31.2 Å². The number of anilines is 1. The first kappa shape index (κ1) is 17.3. The Kier molecular flexibility index (Phi) is 4.41. The summed E-state index contributed by atoms with van der Waals surface area (Å²) in [5.74, 6) is -0.393. The zero-order valence-electron chi connectivity index (χ0n) is 14.3. The molecule has 1 aromatic heterocycles. The highest BCUT2D eigenvalue weighted by Crippen LogP contribution is 2.35. The van der Waals surface area contributed by atoms with Gasteiger partial charge in [0.05, 0.1) is 11.3 Å². The second-order valence-corrected chi connectivity index (χ2v) is 7.26. The number of aryl methyl sites for hydroxylation is 1. The number of nitrogens with zero attached hydrogens (tertiary/aromatic N) is 3. The lowest BCUT2D eigenvalue weighted by Crippen LogP contribution is -2.31. The first-order chi connectivity index (χ1) is 13.0. The van der Waals surface area contributed by atoms with Gasteiger partial charge in [-0.3, -0.25) is 9.59 Å². The number of hydrogen-bond donors (Lipinski definition) is 1. The molecule has 0 unspecified atom stereocenters. The first-order valence-corrected chi connectivity index (χ1v) is 9.13. The molecular weight excluding hydrogens is 366 g/mol. The van der Waals surface area contributed by atoms with Crippen molar-refractivity contribution in [2.45, 2.75) is 23.8 Å². The van der Waals surface area contributed by atoms with Crippen molar-refractivity contribution in [1.82, 2.24) is 10.2 Å². The molecule has 0 radical (unpaired) electrons. The normalized spacial score (nSPS) is 16.9. The molecule has 1 atom stereocenters. The quantitative estimate of drug-likeness (QED) is 0.693. The van der Waals surface area contributed by atoms with Gasteiger partial charge in [-0.1, -0.05) is 41.6 Å². The summed E-state index contributed by atoms with van der Waals surface area (Å²) in [6.07, 6.45) is 0.0612. The lowest BCUT2D eigenvalue weighted by atomic mass is 10.2. The summed E-state index contributed by atoms with van der Waals surface area (Å²) in [6.45, 7) is 1.94. The van der Waals surface area contributed by atoms with Crippen LogP contribution < -0.4 is 4.90 Å². The summed E-state index contributed by atoms with van der Waals surface area (Å²) in [6, 6.07) is 13.8. The van der Waals surface area contributed by atoms with Gasteiger partial charge in [0.15, 0.2) is 0 Å². The van der Waals surface area contributed by atoms with Gasteiger partial charge in [0.25, 0.3) is 11.1 Å². The summed E-state index contributed by atoms with van der Waals surface area (Å²) < 4.78 is 5.55. The number of imide groups is 1. The van der Waals surface area contributed by atoms with Crippen molar-refractivity contribution in [3.63, 3.8) is 0 Å². The number of hydrogen-bond acceptors (Lipinski definition) is 7. The standard InChI is InChI=1S/C19H15N3O4S/c1-11-6-8-12(9-7-11)22-16(24)10-15(18(22)25)27-19-21-20-17(26-19)13-4-2-3-5-14(13)23/h2-9,15,23H,10H2,1H3/t15-/m1/s1. The van der Waals surface area contributed by atoms with E-state index in [4.69, 9.17) is 4.42 Å². The monoisotopic (exact) mass is 381 g/mol. The highest BCUT2D eigenvalue weighted by molar-refractivity contribution is 8.00. The van der Waals surface area contributed by atoms with Crippen molar-refractivity contribution < 1.29 is 19.1 Å². The number of phenolic OH excluding ortho intramolecular Hbond substituents is 1. The molecule has 0 spiro atoms. The minimum Gasteiger partial charge on any atom is -0.507 e. The molecule has 1 fully saturated rings. The molecule has 27 heavy (non-hydrogen) atoms. The third kappa shape index (κ3) is 3.31. The first-order valence-electron chi connectivity index (χ1n) is 8.25. The number of aromatic nitrogens is 2. The number of rotatable bonds is 4. The van der Waals surface area contributed by atoms with Gasteiger partial charge in [-0.25, -0.2) is 4.90 Å². The van der Waals surface area contributed by atoms with Gasteiger partial charge in [-0.15, -0.1) is 10.2 Å². The minimum absolute atomic E-state index is 0.0235. The SMILES string of the molecule is Cc1ccc(N2C(=O)C[C@@H](Sc3nnc(-c4ccccc4O)o3)C2=O)cc1. The van der Waals surface area contributed by atoms with Crippen molar-refractivity contribution in [3.05, 3.63) is 54.1 Å². The number of thioether (sulfide) groups is 1. The summed E-state index contributed by atoms with van der Waals surface area (Å²) in [4.78, 5) is 26.2. The van der Waals surface area contributed by atoms with Crippen LogP contribution in [0.3, 0.4) is 0 Å². The maximum Gasteiger partial charge on any atom is 0.277 e. The Morgan fingerprint density at radius 1 is 1.11 bits per heavy atom. The van der Waals surface area contributed by atoms with E-state index in [1.165, 1.54) is 11.0 Å². The Hall–Kier alpha value is -3.13. The fourth-order valence-corrected chi connectivity index (χ4v) is 3.69. The molecule has 2 aromatic carbocycles. The maximum absolute atomic E-state index is 12.7. The van der Waals surface area contributed by atoms with Gasteiger partial charge in [-0.2, -0.15) is 0 Å². The molecule has 0 bridgehead atoms. The van der Waals surface area contributed by atoms with Crippen LogP contribution in [-0.2, 0) is 9.59 Å². The number of benzene rings is 2. The van der Waals surface area contributed by atoms with E-state index >= 15 is 0 Å². The van der Waals surface area contributed by atoms with Crippen molar-refractivity contribution in [1.29, 1.82) is 0 Å². The second-order valence-electron chi connectivity index (χ2n) is 6.10. The fourth-order valence-electron chi connectivity index (χ4n) is 2.80. The molecule has 136 valence electrons. The van der Waals surface area contributed by atoms with Gasteiger partial charge < -0.3 is 9.52 Å². The van der Waals surface area contributed by atoms with Crippen LogP contribution in [0.5, 0.6) is 5.75 Å². The molecule has 2 heterocycles. The van der Waals surface area contributed by atoms with E-state index in [0.717, 1.165) is 17.3 Å². The van der Waals surface area contributed by atoms with Crippen LogP contribution >= 0.6 is 11.8 Å². The average Bonchev–Trinajstić information content (AvgIpc) is 3.22. The Morgan fingerprint density at radius 3 is 2.59 bits per heavy atom. The van der Waals surface area contributed by atoms with Gasteiger partial charge in [0.2, 0.25) is 11.8 Å². The fraction of sp³-hybridized carbons (Fsp3) is 0.158. The van der Waals surface area contributed by atoms with Gasteiger partial charge >= 0.3 is 0 Å². The van der Waals surface area contributed by atoms with Crippen molar-refractivity contribution in [3.8, 4) is 17.2 Å². The van der Waals surface area contributed by atoms with E-state index in [1.807, 2.05) is 19.1 Å². The number of phenols is 1. The molecule has 8 heteroatoms. The van der Waals surface area contributed by atoms with Crippen LogP contribution in [0.4, 0.5) is 5.69 Å². The molecule has 1 N–H and O–H groups in total. The molecule has 2 amide bonds. The number of amides is 2. The smallest absolute Gasteiger partial charge is 0.277 e. The molecule has 1 aliphatic rings. The largest absolute Gasteiger partial charge is 0.507 e. The summed E-state index contributed by atoms with van der Waals surface area (Å²) in [7, 11) is 0. The van der Waals surface area contributed by atoms with Crippen LogP contribution in [-0.4, -0.2) is 32.4 Å². The van der Waals surface area contributed by atoms with Crippen LogP contribution in [0.1, 0.15) is 12.0 Å². The molecule has 1 aliphatic heterocycles. The third-order valence-corrected chi connectivity index (χ3v) is 5.20. The Bertz CT molecular complexity index is 1020. The van der Waals surface area contributed by atoms with Crippen LogP contribution in [0.25, 0.3) is 11.5 Å². The molecule has 1 saturated heterocycles. The second kappa shape index (κ2) is 6.88. The number of aromatic hydroxyl groups is 1. The Labute approximate surface area is 159 Å². The van der Waals surface area contributed by atoms with Crippen LogP contribution in [0, 0.1) is 6.92 Å². The van der Waals surface area contributed by atoms with E-state index in [-0.39, 0.29) is 35.1 Å². The van der Waals surface area contributed by atoms with Crippen molar-refractivity contribution in [2.75, 3.05) is 4.90 Å². The topological polar surface area (TPSA) is 96.5 Å². The van der Waals surface area contributed by atoms with Gasteiger partial charge in [0, 0.05) is 6.42 Å². The zero-order valence-corrected chi connectivity index (χ0v) is 15.1. The highest BCUT2D eigenvalue weighted by atomic mass is 32.2. The Balaban J connectivity index is 1.52. The number of para-hydroxylation sites is 1. The van der Waals surface area contributed by atoms with Crippen molar-refractivity contribution in [2.24, 2.45) is 0 Å². The maximum atomic E-state index is 12.7. The van der Waals surface area contributed by atoms with E-state index < -0.39 is 5.25 Å². The molecule has 0 saturated carbocycles. The molecule has 0 aliphatic carbocycles. The molecule has 7 nitrogen and oxygen atoms in total. The van der Waals surface area contributed by atoms with E-state index in [1.54, 1.807) is 30.3 Å². The minimum atomic E-state index is -0.628. The molecule has 4 rings (SSSR count). The predicted molar refractivity (Wildman–Crippen MR) is 99.3 cm³/mol. The Morgan fingerprint density at radius 2 is 1.85 bits per heavy atom. The van der Waals surface area contributed by atoms with E-state index in [0.29, 0.717) is 11.3 Å². The summed E-state index contributed by atoms with van der Waals surface area (Å²) in [5, 5.41) is 17.2. The van der Waals surface area contributed by atoms with Gasteiger partial charge in [0.1, 0.15) is 11.0 Å². The molecular formula is C19H15N3O4S. The summed E-state index contributed by atoms with van der Waals surface area (Å²) in [5.41, 5.74) is 2.01. The zero-order chi connectivity index (χ0) is 19.0. The van der Waals surface area contributed by atoms with Crippen LogP contribution in [0.15, 0.2) is 58.2 Å². The third-order valence-electron chi connectivity index (χ3n) is 4.18. The average molecular weight is 381 g/mol. The van der Waals surface area contributed by atoms with Crippen molar-refractivity contribution >= 4 is 29.3 Å². The predicted octanol–water partition coefficient (Wildman–Crippen LogP) is 3.17. The number of carbonyl (C=O) groups is 2. The lowest BCUT2D eigenvalue weighted by Gasteiger charge is -2.14. The molecule has 3 aromatic rings. The number of carbonyl (C=O) groups excluding carboxylic acids is 2. The van der Waals surface area contributed by atoms with E-state index in [9.17, 15) is 14.7 Å². The van der Waals surface area contributed by atoms with Crippen LogP contribution in [0.2, 0.25) is 0 Å².